The molecule has 86 valence electrons. The molecule has 0 aromatic heterocycles. The highest BCUT2D eigenvalue weighted by Crippen LogP contribution is 2.23. The molecule has 3 heteroatoms. The molecule has 0 radical (unpaired) electrons. The zero-order valence-corrected chi connectivity index (χ0v) is 9.39. The van der Waals surface area contributed by atoms with Gasteiger partial charge in [-0.05, 0) is 17.7 Å². The van der Waals surface area contributed by atoms with Crippen molar-refractivity contribution in [3.8, 4) is 5.75 Å². The summed E-state index contributed by atoms with van der Waals surface area (Å²) in [6.07, 6.45) is 2.20. The third kappa shape index (κ3) is 2.84. The molecule has 3 nitrogen and oxygen atoms in total. The minimum atomic E-state index is 0.191. The van der Waals surface area contributed by atoms with Gasteiger partial charge < -0.3 is 14.2 Å². The molecule has 0 bridgehead atoms. The van der Waals surface area contributed by atoms with E-state index in [0.29, 0.717) is 13.2 Å². The molecular formula is C13H16O3. The van der Waals surface area contributed by atoms with Crippen molar-refractivity contribution < 1.29 is 14.2 Å². The van der Waals surface area contributed by atoms with E-state index >= 15 is 0 Å². The average molecular weight is 220 g/mol. The van der Waals surface area contributed by atoms with Crippen LogP contribution in [0, 0.1) is 0 Å². The van der Waals surface area contributed by atoms with Crippen LogP contribution in [0.3, 0.4) is 0 Å². The first kappa shape index (κ1) is 11.2. The van der Waals surface area contributed by atoms with Crippen molar-refractivity contribution in [1.82, 2.24) is 0 Å². The van der Waals surface area contributed by atoms with Crippen LogP contribution in [-0.2, 0) is 16.1 Å². The summed E-state index contributed by atoms with van der Waals surface area (Å²) in [5, 5.41) is 0. The molecule has 0 unspecified atom stereocenters. The molecule has 2 atom stereocenters. The Morgan fingerprint density at radius 3 is 2.69 bits per heavy atom. The molecule has 1 fully saturated rings. The lowest BCUT2D eigenvalue weighted by molar-refractivity contribution is 0.104. The summed E-state index contributed by atoms with van der Waals surface area (Å²) in [5.74, 6) is 0.862. The SMILES string of the molecule is C=C[C@@H]1O[C@@H]1COCc1ccc(OC)cc1. The Balaban J connectivity index is 1.71. The Labute approximate surface area is 95.6 Å². The van der Waals surface area contributed by atoms with Crippen LogP contribution >= 0.6 is 0 Å². The van der Waals surface area contributed by atoms with E-state index in [-0.39, 0.29) is 12.2 Å². The monoisotopic (exact) mass is 220 g/mol. The average Bonchev–Trinajstić information content (AvgIpc) is 3.09. The summed E-state index contributed by atoms with van der Waals surface area (Å²) in [6.45, 7) is 4.90. The Morgan fingerprint density at radius 2 is 2.12 bits per heavy atom. The first-order valence-electron chi connectivity index (χ1n) is 5.32. The number of hydrogen-bond donors (Lipinski definition) is 0. The molecule has 0 saturated carbocycles. The minimum Gasteiger partial charge on any atom is -0.497 e. The zero-order valence-electron chi connectivity index (χ0n) is 9.39. The second-order valence-electron chi connectivity index (χ2n) is 3.74. The van der Waals surface area contributed by atoms with Gasteiger partial charge in [0.2, 0.25) is 0 Å². The van der Waals surface area contributed by atoms with Crippen LogP contribution in [0.15, 0.2) is 36.9 Å². The Kier molecular flexibility index (Phi) is 3.59. The number of hydrogen-bond acceptors (Lipinski definition) is 3. The fraction of sp³-hybridized carbons (Fsp3) is 0.385. The Bertz CT molecular complexity index is 345. The summed E-state index contributed by atoms with van der Waals surface area (Å²) < 4.78 is 15.9. The maximum absolute atomic E-state index is 5.54. The molecule has 1 aliphatic rings. The van der Waals surface area contributed by atoms with Gasteiger partial charge in [0.25, 0.3) is 0 Å². The van der Waals surface area contributed by atoms with E-state index in [1.807, 2.05) is 24.3 Å². The van der Waals surface area contributed by atoms with Gasteiger partial charge in [-0.15, -0.1) is 6.58 Å². The lowest BCUT2D eigenvalue weighted by Crippen LogP contribution is -2.03. The highest BCUT2D eigenvalue weighted by molar-refractivity contribution is 5.26. The van der Waals surface area contributed by atoms with Crippen LogP contribution in [0.2, 0.25) is 0 Å². The summed E-state index contributed by atoms with van der Waals surface area (Å²) in [6, 6.07) is 7.85. The molecule has 1 aliphatic heterocycles. The smallest absolute Gasteiger partial charge is 0.118 e. The molecule has 0 amide bonds. The Morgan fingerprint density at radius 1 is 1.38 bits per heavy atom. The number of methoxy groups -OCH3 is 1. The quantitative estimate of drug-likeness (QED) is 0.544. The van der Waals surface area contributed by atoms with Crippen molar-refractivity contribution >= 4 is 0 Å². The molecule has 1 heterocycles. The van der Waals surface area contributed by atoms with Crippen LogP contribution in [-0.4, -0.2) is 25.9 Å². The van der Waals surface area contributed by atoms with Gasteiger partial charge in [-0.25, -0.2) is 0 Å². The summed E-state index contributed by atoms with van der Waals surface area (Å²) >= 11 is 0. The summed E-state index contributed by atoms with van der Waals surface area (Å²) in [4.78, 5) is 0. The number of rotatable bonds is 6. The normalized spacial score (nSPS) is 22.8. The third-order valence-corrected chi connectivity index (χ3v) is 2.56. The maximum atomic E-state index is 5.54. The lowest BCUT2D eigenvalue weighted by atomic mass is 10.2. The van der Waals surface area contributed by atoms with Crippen LogP contribution in [0.4, 0.5) is 0 Å². The van der Waals surface area contributed by atoms with E-state index in [1.54, 1.807) is 13.2 Å². The zero-order chi connectivity index (χ0) is 11.4. The second kappa shape index (κ2) is 5.14. The molecule has 2 rings (SSSR count). The molecule has 0 N–H and O–H groups in total. The van der Waals surface area contributed by atoms with Crippen LogP contribution < -0.4 is 4.74 Å². The van der Waals surface area contributed by atoms with Crippen molar-refractivity contribution in [3.05, 3.63) is 42.5 Å². The fourth-order valence-electron chi connectivity index (χ4n) is 1.51. The number of epoxide rings is 1. The van der Waals surface area contributed by atoms with Gasteiger partial charge in [0.15, 0.2) is 0 Å². The van der Waals surface area contributed by atoms with Gasteiger partial charge in [0, 0.05) is 0 Å². The molecule has 0 aliphatic carbocycles. The Hall–Kier alpha value is -1.32. The summed E-state index contributed by atoms with van der Waals surface area (Å²) in [5.41, 5.74) is 1.14. The van der Waals surface area contributed by atoms with Crippen molar-refractivity contribution in [1.29, 1.82) is 0 Å². The van der Waals surface area contributed by atoms with Gasteiger partial charge in [-0.3, -0.25) is 0 Å². The molecular weight excluding hydrogens is 204 g/mol. The summed E-state index contributed by atoms with van der Waals surface area (Å²) in [7, 11) is 1.66. The molecule has 1 saturated heterocycles. The largest absolute Gasteiger partial charge is 0.497 e. The van der Waals surface area contributed by atoms with Crippen LogP contribution in [0.25, 0.3) is 0 Å². The van der Waals surface area contributed by atoms with Crippen LogP contribution in [0.5, 0.6) is 5.75 Å². The molecule has 0 spiro atoms. The highest BCUT2D eigenvalue weighted by Gasteiger charge is 2.35. The molecule has 1 aromatic carbocycles. The van der Waals surface area contributed by atoms with Crippen molar-refractivity contribution in [2.75, 3.05) is 13.7 Å². The van der Waals surface area contributed by atoms with Crippen LogP contribution in [0.1, 0.15) is 5.56 Å². The van der Waals surface area contributed by atoms with E-state index in [9.17, 15) is 0 Å². The van der Waals surface area contributed by atoms with Gasteiger partial charge in [0.05, 0.1) is 20.3 Å². The number of ether oxygens (including phenoxy) is 3. The first-order chi connectivity index (χ1) is 7.83. The van der Waals surface area contributed by atoms with Gasteiger partial charge in [-0.2, -0.15) is 0 Å². The first-order valence-corrected chi connectivity index (χ1v) is 5.32. The van der Waals surface area contributed by atoms with E-state index in [0.717, 1.165) is 11.3 Å². The lowest BCUT2D eigenvalue weighted by Gasteiger charge is -2.04. The molecule has 16 heavy (non-hydrogen) atoms. The standard InChI is InChI=1S/C13H16O3/c1-3-12-13(16-12)9-15-8-10-4-6-11(14-2)7-5-10/h3-7,12-13H,1,8-9H2,2H3/t12-,13+/m0/s1. The van der Waals surface area contributed by atoms with Gasteiger partial charge >= 0.3 is 0 Å². The predicted octanol–water partition coefficient (Wildman–Crippen LogP) is 2.17. The van der Waals surface area contributed by atoms with Crippen molar-refractivity contribution in [2.24, 2.45) is 0 Å². The maximum Gasteiger partial charge on any atom is 0.118 e. The van der Waals surface area contributed by atoms with Crippen molar-refractivity contribution in [3.63, 3.8) is 0 Å². The van der Waals surface area contributed by atoms with E-state index in [1.165, 1.54) is 0 Å². The minimum absolute atomic E-state index is 0.191. The highest BCUT2D eigenvalue weighted by atomic mass is 16.6. The number of benzene rings is 1. The third-order valence-electron chi connectivity index (χ3n) is 2.56. The van der Waals surface area contributed by atoms with Gasteiger partial charge in [0.1, 0.15) is 18.0 Å². The fourth-order valence-corrected chi connectivity index (χ4v) is 1.51. The van der Waals surface area contributed by atoms with E-state index in [2.05, 4.69) is 6.58 Å². The predicted molar refractivity (Wildman–Crippen MR) is 61.5 cm³/mol. The molecule has 1 aromatic rings. The second-order valence-corrected chi connectivity index (χ2v) is 3.74. The van der Waals surface area contributed by atoms with Gasteiger partial charge in [-0.1, -0.05) is 18.2 Å². The van der Waals surface area contributed by atoms with Crippen molar-refractivity contribution in [2.45, 2.75) is 18.8 Å². The topological polar surface area (TPSA) is 31.0 Å². The van der Waals surface area contributed by atoms with E-state index < -0.39 is 0 Å². The van der Waals surface area contributed by atoms with E-state index in [4.69, 9.17) is 14.2 Å².